The first kappa shape index (κ1) is 31.8. The summed E-state index contributed by atoms with van der Waals surface area (Å²) in [6.45, 7) is 0. The average Bonchev–Trinajstić information content (AvgIpc) is 3.08. The van der Waals surface area contributed by atoms with E-state index < -0.39 is 69.6 Å². The second-order valence-electron chi connectivity index (χ2n) is 5.91. The molecule has 1 heterocycles. The molecule has 0 bridgehead atoms. The molecule has 1 aromatic heterocycles. The van der Waals surface area contributed by atoms with Crippen LogP contribution in [0.3, 0.4) is 0 Å². The van der Waals surface area contributed by atoms with E-state index in [0.29, 0.717) is 4.98 Å². The Morgan fingerprint density at radius 2 is 1.06 bits per heavy atom. The van der Waals surface area contributed by atoms with Crippen molar-refractivity contribution in [1.82, 2.24) is 15.2 Å². The number of rotatable bonds is 8. The molecule has 7 nitrogen and oxygen atoms in total. The van der Waals surface area contributed by atoms with Crippen LogP contribution < -0.4 is 0 Å². The first-order chi connectivity index (χ1) is 15.4. The predicted octanol–water partition coefficient (Wildman–Crippen LogP) is 4.79. The summed E-state index contributed by atoms with van der Waals surface area (Å²) in [7, 11) is -6.31. The molecule has 0 saturated carbocycles. The molecule has 0 saturated heterocycles. The maximum Gasteiger partial charge on any atom is 0.462 e. The highest BCUT2D eigenvalue weighted by Crippen LogP contribution is 2.57. The number of aromatic amines is 1. The number of aromatic nitrogens is 3. The Bertz CT molecular complexity index is 1060. The van der Waals surface area contributed by atoms with E-state index in [2.05, 4.69) is 0 Å². The van der Waals surface area contributed by atoms with Crippen molar-refractivity contribution in [2.75, 3.05) is 0 Å². The van der Waals surface area contributed by atoms with E-state index in [4.69, 9.17) is 0 Å². The molecule has 0 aliphatic rings. The first-order valence-corrected chi connectivity index (χ1v) is 8.75. The Hall–Kier alpha value is -2.25. The van der Waals surface area contributed by atoms with Crippen LogP contribution in [0, 0.1) is 0 Å². The lowest BCUT2D eigenvalue weighted by Gasteiger charge is -2.40. The van der Waals surface area contributed by atoms with Crippen LogP contribution in [0.4, 0.5) is 78.5 Å². The Labute approximate surface area is 182 Å². The van der Waals surface area contributed by atoms with Gasteiger partial charge in [-0.15, -0.1) is 10.2 Å². The number of nitrogens with one attached hydrogen (secondary N) is 1. The summed E-state index contributed by atoms with van der Waals surface area (Å²) >= 11 is 0. The van der Waals surface area contributed by atoms with Crippen molar-refractivity contribution in [3.8, 4) is 0 Å². The zero-order chi connectivity index (χ0) is 29.2. The lowest BCUT2D eigenvalue weighted by atomic mass is 10.2. The fraction of sp³-hybridized carbons (Fsp3) is 0.800. The molecular formula is C10HF18N3O4S. The van der Waals surface area contributed by atoms with Crippen LogP contribution >= 0.6 is 0 Å². The van der Waals surface area contributed by atoms with Gasteiger partial charge >= 0.3 is 58.6 Å². The highest BCUT2D eigenvalue weighted by molar-refractivity contribution is 7.86. The van der Waals surface area contributed by atoms with Gasteiger partial charge in [-0.25, -0.2) is 0 Å². The molecule has 1 rings (SSSR count). The zero-order valence-corrected chi connectivity index (χ0v) is 16.1. The maximum absolute atomic E-state index is 14.3. The van der Waals surface area contributed by atoms with Gasteiger partial charge in [0.1, 0.15) is 0 Å². The van der Waals surface area contributed by atoms with Gasteiger partial charge in [0.05, 0.1) is 0 Å². The number of halogens is 18. The third kappa shape index (κ3) is 5.23. The molecule has 36 heavy (non-hydrogen) atoms. The third-order valence-electron chi connectivity index (χ3n) is 3.36. The monoisotopic (exact) mass is 601 g/mol. The molecule has 2 unspecified atom stereocenters. The van der Waals surface area contributed by atoms with Gasteiger partial charge in [0, 0.05) is 0 Å². The van der Waals surface area contributed by atoms with Gasteiger partial charge in [-0.2, -0.15) is 83.1 Å². The van der Waals surface area contributed by atoms with E-state index in [1.807, 2.05) is 9.84 Å². The van der Waals surface area contributed by atoms with E-state index in [9.17, 15) is 86.9 Å². The van der Waals surface area contributed by atoms with Gasteiger partial charge in [0.25, 0.3) is 5.16 Å². The third-order valence-corrected chi connectivity index (χ3v) is 4.01. The highest BCUT2D eigenvalue weighted by Gasteiger charge is 2.85. The molecule has 0 spiro atoms. The lowest BCUT2D eigenvalue weighted by molar-refractivity contribution is -0.554. The van der Waals surface area contributed by atoms with Gasteiger partial charge in [-0.1, -0.05) is 3.89 Å². The standard InChI is InChI=1S/C10HF18N3O4S/c11-3(6(15,16)17,1-29-2(31-30-1)36(28,32)33)34-10(26,27)5(14,8(21,22)23)35-9(24,25)4(12,13)7(18,19)20/h(H,29,30,31). The second-order valence-corrected chi connectivity index (χ2v) is 7.17. The second kappa shape index (κ2) is 8.38. The normalized spacial score (nSPS) is 18.6. The SMILES string of the molecule is O=S(=O)(F)c1nnc(C(F)(OC(F)(F)C(F)(OC(F)(F)C(F)(F)C(F)(F)F)C(F)(F)F)C(F)(F)F)[nH]1. The Morgan fingerprint density at radius 3 is 1.36 bits per heavy atom. The lowest BCUT2D eigenvalue weighted by Crippen LogP contribution is -2.67. The van der Waals surface area contributed by atoms with Gasteiger partial charge in [-0.3, -0.25) is 9.47 Å². The van der Waals surface area contributed by atoms with Gasteiger partial charge in [-0.05, 0) is 0 Å². The van der Waals surface area contributed by atoms with Crippen molar-refractivity contribution in [3.63, 3.8) is 0 Å². The van der Waals surface area contributed by atoms with E-state index in [-0.39, 0.29) is 0 Å². The molecule has 0 aromatic carbocycles. The van der Waals surface area contributed by atoms with Crippen LogP contribution in [0.2, 0.25) is 0 Å². The van der Waals surface area contributed by atoms with Gasteiger partial charge in [0.2, 0.25) is 5.82 Å². The molecule has 0 amide bonds. The quantitative estimate of drug-likeness (QED) is 0.341. The van der Waals surface area contributed by atoms with Crippen molar-refractivity contribution in [2.45, 2.75) is 53.5 Å². The van der Waals surface area contributed by atoms with Crippen molar-refractivity contribution < 1.29 is 96.4 Å². The first-order valence-electron chi connectivity index (χ1n) is 7.37. The van der Waals surface area contributed by atoms with Crippen LogP contribution in [0.15, 0.2) is 5.16 Å². The average molecular weight is 601 g/mol. The smallest absolute Gasteiger partial charge is 0.308 e. The Kier molecular flexibility index (Phi) is 7.40. The molecule has 0 radical (unpaired) electrons. The minimum Gasteiger partial charge on any atom is -0.308 e. The zero-order valence-electron chi connectivity index (χ0n) is 15.2. The van der Waals surface area contributed by atoms with Crippen molar-refractivity contribution >= 4 is 10.2 Å². The van der Waals surface area contributed by atoms with Crippen LogP contribution in [0.5, 0.6) is 0 Å². The summed E-state index contributed by atoms with van der Waals surface area (Å²) < 4.78 is 258. The number of hydrogen-bond acceptors (Lipinski definition) is 6. The van der Waals surface area contributed by atoms with Crippen molar-refractivity contribution in [3.05, 3.63) is 5.82 Å². The molecular weight excluding hydrogens is 600 g/mol. The van der Waals surface area contributed by atoms with Gasteiger partial charge < -0.3 is 4.98 Å². The summed E-state index contributed by atoms with van der Waals surface area (Å²) in [5, 5.41) is 1.18. The summed E-state index contributed by atoms with van der Waals surface area (Å²) in [6.07, 6.45) is -39.0. The number of alkyl halides is 17. The maximum atomic E-state index is 14.3. The van der Waals surface area contributed by atoms with Gasteiger partial charge in [0.15, 0.2) is 0 Å². The summed E-state index contributed by atoms with van der Waals surface area (Å²) in [5.41, 5.74) is 0. The summed E-state index contributed by atoms with van der Waals surface area (Å²) in [4.78, 5) is 0.306. The molecule has 1 N–H and O–H groups in total. The minimum atomic E-state index is -8.14. The molecule has 0 aliphatic heterocycles. The van der Waals surface area contributed by atoms with Crippen LogP contribution in [0.25, 0.3) is 0 Å². The number of nitrogens with zero attached hydrogens (tertiary/aromatic N) is 2. The molecule has 1 aromatic rings. The fourth-order valence-corrected chi connectivity index (χ4v) is 2.03. The largest absolute Gasteiger partial charge is 0.462 e. The molecule has 212 valence electrons. The fourth-order valence-electron chi connectivity index (χ4n) is 1.67. The molecule has 0 aliphatic carbocycles. The van der Waals surface area contributed by atoms with E-state index in [1.54, 1.807) is 5.10 Å². The molecule has 0 fully saturated rings. The van der Waals surface area contributed by atoms with Crippen LogP contribution in [0.1, 0.15) is 5.82 Å². The van der Waals surface area contributed by atoms with Crippen LogP contribution in [-0.2, 0) is 25.6 Å². The number of hydrogen-bond donors (Lipinski definition) is 1. The van der Waals surface area contributed by atoms with Crippen LogP contribution in [-0.4, -0.2) is 66.1 Å². The number of H-pyrrole nitrogens is 1. The summed E-state index contributed by atoms with van der Waals surface area (Å²) in [5.74, 6) is -26.1. The molecule has 26 heteroatoms. The topological polar surface area (TPSA) is 94.2 Å². The Morgan fingerprint density at radius 1 is 0.611 bits per heavy atom. The van der Waals surface area contributed by atoms with E-state index >= 15 is 0 Å². The minimum absolute atomic E-state index is 0.306. The highest BCUT2D eigenvalue weighted by atomic mass is 32.3. The van der Waals surface area contributed by atoms with E-state index in [1.165, 1.54) is 4.74 Å². The summed E-state index contributed by atoms with van der Waals surface area (Å²) in [6, 6.07) is 0. The Balaban J connectivity index is 3.76. The predicted molar refractivity (Wildman–Crippen MR) is 66.5 cm³/mol. The molecule has 2 atom stereocenters. The van der Waals surface area contributed by atoms with Crippen molar-refractivity contribution in [1.29, 1.82) is 0 Å². The number of ether oxygens (including phenoxy) is 2. The van der Waals surface area contributed by atoms with E-state index in [0.717, 1.165) is 0 Å². The van der Waals surface area contributed by atoms with Crippen molar-refractivity contribution in [2.24, 2.45) is 0 Å².